The highest BCUT2D eigenvalue weighted by atomic mass is 15.3. The smallest absolute Gasteiger partial charge is 0.178 e. The van der Waals surface area contributed by atoms with Gasteiger partial charge in [-0.05, 0) is 17.9 Å². The molecule has 0 aliphatic heterocycles. The predicted octanol–water partition coefficient (Wildman–Crippen LogP) is 1.04. The van der Waals surface area contributed by atoms with Crippen LogP contribution in [-0.4, -0.2) is 20.6 Å². The van der Waals surface area contributed by atoms with E-state index < -0.39 is 0 Å². The second-order valence-corrected chi connectivity index (χ2v) is 4.58. The normalized spacial score (nSPS) is 12.4. The molecule has 0 unspecified atom stereocenters. The summed E-state index contributed by atoms with van der Waals surface area (Å²) in [5, 5.41) is 4.18. The lowest BCUT2D eigenvalue weighted by molar-refractivity contribution is 0.502. The van der Waals surface area contributed by atoms with Crippen LogP contribution in [0.2, 0.25) is 0 Å². The van der Waals surface area contributed by atoms with Crippen molar-refractivity contribution in [3.63, 3.8) is 0 Å². The molecule has 0 aliphatic rings. The largest absolute Gasteiger partial charge is 0.396 e. The Hall–Kier alpha value is -2.06. The molecule has 0 saturated carbocycles. The Kier molecular flexibility index (Phi) is 3.49. The number of rotatable bonds is 2. The van der Waals surface area contributed by atoms with Crippen LogP contribution in [0.4, 0.5) is 5.69 Å². The summed E-state index contributed by atoms with van der Waals surface area (Å²) in [6.07, 6.45) is 3.97. The monoisotopic (exact) mass is 243 g/mol. The zero-order valence-corrected chi connectivity index (χ0v) is 10.6. The van der Waals surface area contributed by atoms with Crippen LogP contribution in [0.3, 0.4) is 0 Å². The summed E-state index contributed by atoms with van der Waals surface area (Å²) in [5.74, 6) is 6.52. The SMILES string of the molecule is CC(C)[C@H](N)CC#Cc1cnc2c(N)ccnn12. The number of aromatic nitrogens is 3. The molecular formula is C13H17N5. The second kappa shape index (κ2) is 5.07. The molecular weight excluding hydrogens is 226 g/mol. The molecule has 0 amide bonds. The number of imidazole rings is 1. The average Bonchev–Trinajstić information content (AvgIpc) is 2.74. The van der Waals surface area contributed by atoms with Crippen molar-refractivity contribution >= 4 is 11.3 Å². The first kappa shape index (κ1) is 12.4. The zero-order chi connectivity index (χ0) is 13.1. The van der Waals surface area contributed by atoms with Crippen LogP contribution in [-0.2, 0) is 0 Å². The van der Waals surface area contributed by atoms with Crippen LogP contribution in [0.25, 0.3) is 5.65 Å². The van der Waals surface area contributed by atoms with Crippen molar-refractivity contribution in [2.45, 2.75) is 26.3 Å². The molecule has 0 spiro atoms. The van der Waals surface area contributed by atoms with Crippen LogP contribution in [0, 0.1) is 17.8 Å². The van der Waals surface area contributed by atoms with Crippen molar-refractivity contribution in [1.82, 2.24) is 14.6 Å². The molecule has 4 N–H and O–H groups in total. The zero-order valence-electron chi connectivity index (χ0n) is 10.6. The van der Waals surface area contributed by atoms with Gasteiger partial charge in [0.2, 0.25) is 0 Å². The lowest BCUT2D eigenvalue weighted by Crippen LogP contribution is -2.25. The molecule has 2 heterocycles. The number of nitrogens with zero attached hydrogens (tertiary/aromatic N) is 3. The lowest BCUT2D eigenvalue weighted by atomic mass is 10.0. The van der Waals surface area contributed by atoms with Gasteiger partial charge in [0.15, 0.2) is 5.65 Å². The third-order valence-corrected chi connectivity index (χ3v) is 2.84. The van der Waals surface area contributed by atoms with Gasteiger partial charge < -0.3 is 11.5 Å². The van der Waals surface area contributed by atoms with E-state index in [4.69, 9.17) is 11.5 Å². The van der Waals surface area contributed by atoms with Crippen molar-refractivity contribution in [2.24, 2.45) is 11.7 Å². The minimum absolute atomic E-state index is 0.0923. The molecule has 2 aromatic rings. The molecule has 0 aromatic carbocycles. The van der Waals surface area contributed by atoms with Gasteiger partial charge in [-0.2, -0.15) is 5.10 Å². The highest BCUT2D eigenvalue weighted by Crippen LogP contribution is 2.10. The van der Waals surface area contributed by atoms with E-state index in [-0.39, 0.29) is 6.04 Å². The fourth-order valence-electron chi connectivity index (χ4n) is 1.49. The number of anilines is 1. The molecule has 5 heteroatoms. The van der Waals surface area contributed by atoms with Gasteiger partial charge in [0.1, 0.15) is 5.69 Å². The number of fused-ring (bicyclic) bond motifs is 1. The van der Waals surface area contributed by atoms with Gasteiger partial charge in [0.25, 0.3) is 0 Å². The Morgan fingerprint density at radius 3 is 2.94 bits per heavy atom. The number of hydrogen-bond acceptors (Lipinski definition) is 4. The fraction of sp³-hybridized carbons (Fsp3) is 0.385. The van der Waals surface area contributed by atoms with Gasteiger partial charge >= 0.3 is 0 Å². The average molecular weight is 243 g/mol. The second-order valence-electron chi connectivity index (χ2n) is 4.58. The molecule has 18 heavy (non-hydrogen) atoms. The summed E-state index contributed by atoms with van der Waals surface area (Å²) in [5.41, 5.74) is 13.7. The highest BCUT2D eigenvalue weighted by molar-refractivity contribution is 5.64. The topological polar surface area (TPSA) is 82.2 Å². The number of nitrogen functional groups attached to an aromatic ring is 1. The van der Waals surface area contributed by atoms with Crippen molar-refractivity contribution in [1.29, 1.82) is 0 Å². The van der Waals surface area contributed by atoms with Gasteiger partial charge in [-0.15, -0.1) is 0 Å². The molecule has 0 radical (unpaired) electrons. The van der Waals surface area contributed by atoms with Crippen LogP contribution < -0.4 is 11.5 Å². The Labute approximate surface area is 106 Å². The van der Waals surface area contributed by atoms with E-state index in [0.717, 1.165) is 5.69 Å². The molecule has 0 bridgehead atoms. The molecule has 0 saturated heterocycles. The van der Waals surface area contributed by atoms with Gasteiger partial charge in [0, 0.05) is 12.5 Å². The van der Waals surface area contributed by atoms with Crippen LogP contribution in [0.5, 0.6) is 0 Å². The number of nitrogens with two attached hydrogens (primary N) is 2. The summed E-state index contributed by atoms with van der Waals surface area (Å²) >= 11 is 0. The third-order valence-electron chi connectivity index (χ3n) is 2.84. The predicted molar refractivity (Wildman–Crippen MR) is 71.7 cm³/mol. The lowest BCUT2D eigenvalue weighted by Gasteiger charge is -2.10. The van der Waals surface area contributed by atoms with Crippen LogP contribution in [0.15, 0.2) is 18.5 Å². The molecule has 0 aliphatic carbocycles. The summed E-state index contributed by atoms with van der Waals surface area (Å²) in [6.45, 7) is 4.17. The van der Waals surface area contributed by atoms with Crippen LogP contribution >= 0.6 is 0 Å². The minimum Gasteiger partial charge on any atom is -0.396 e. The first-order valence-electron chi connectivity index (χ1n) is 5.92. The van der Waals surface area contributed by atoms with E-state index in [9.17, 15) is 0 Å². The van der Waals surface area contributed by atoms with E-state index in [1.807, 2.05) is 0 Å². The van der Waals surface area contributed by atoms with Gasteiger partial charge in [0.05, 0.1) is 18.1 Å². The summed E-state index contributed by atoms with van der Waals surface area (Å²) in [7, 11) is 0. The molecule has 0 fully saturated rings. The van der Waals surface area contributed by atoms with E-state index in [1.165, 1.54) is 0 Å². The van der Waals surface area contributed by atoms with Gasteiger partial charge in [-0.1, -0.05) is 19.8 Å². The Balaban J connectivity index is 2.23. The van der Waals surface area contributed by atoms with E-state index >= 15 is 0 Å². The standard InChI is InChI=1S/C13H17N5/c1-9(2)11(14)5-3-4-10-8-16-13-12(15)6-7-17-18(10)13/h6-9,11H,5,14-15H2,1-2H3/t11-/m1/s1. The maximum absolute atomic E-state index is 5.93. The molecule has 2 rings (SSSR count). The fourth-order valence-corrected chi connectivity index (χ4v) is 1.49. The quantitative estimate of drug-likeness (QED) is 0.772. The minimum atomic E-state index is 0.0923. The number of hydrogen-bond donors (Lipinski definition) is 2. The maximum atomic E-state index is 5.93. The summed E-state index contributed by atoms with van der Waals surface area (Å²) < 4.78 is 1.64. The molecule has 94 valence electrons. The van der Waals surface area contributed by atoms with Gasteiger partial charge in [-0.25, -0.2) is 9.50 Å². The van der Waals surface area contributed by atoms with Crippen molar-refractivity contribution < 1.29 is 0 Å². The van der Waals surface area contributed by atoms with E-state index in [2.05, 4.69) is 35.8 Å². The van der Waals surface area contributed by atoms with Crippen LogP contribution in [0.1, 0.15) is 26.0 Å². The Morgan fingerprint density at radius 2 is 2.22 bits per heavy atom. The summed E-state index contributed by atoms with van der Waals surface area (Å²) in [6, 6.07) is 1.81. The van der Waals surface area contributed by atoms with E-state index in [0.29, 0.717) is 23.7 Å². The first-order valence-corrected chi connectivity index (χ1v) is 5.92. The molecule has 1 atom stereocenters. The van der Waals surface area contributed by atoms with Crippen molar-refractivity contribution in [3.8, 4) is 11.8 Å². The van der Waals surface area contributed by atoms with Gasteiger partial charge in [-0.3, -0.25) is 0 Å². The Bertz CT molecular complexity index is 603. The highest BCUT2D eigenvalue weighted by Gasteiger charge is 2.06. The van der Waals surface area contributed by atoms with Crippen molar-refractivity contribution in [2.75, 3.05) is 5.73 Å². The molecule has 2 aromatic heterocycles. The Morgan fingerprint density at radius 1 is 1.44 bits per heavy atom. The maximum Gasteiger partial charge on any atom is 0.178 e. The first-order chi connectivity index (χ1) is 8.59. The van der Waals surface area contributed by atoms with E-state index in [1.54, 1.807) is 23.0 Å². The third kappa shape index (κ3) is 2.44. The van der Waals surface area contributed by atoms with Crippen molar-refractivity contribution in [3.05, 3.63) is 24.2 Å². The molecule has 5 nitrogen and oxygen atoms in total. The summed E-state index contributed by atoms with van der Waals surface area (Å²) in [4.78, 5) is 4.19.